The maximum atomic E-state index is 14.1. The van der Waals surface area contributed by atoms with Crippen molar-refractivity contribution in [2.24, 2.45) is 0 Å². The van der Waals surface area contributed by atoms with Gasteiger partial charge < -0.3 is 19.5 Å². The summed E-state index contributed by atoms with van der Waals surface area (Å²) in [4.78, 5) is 43.1. The van der Waals surface area contributed by atoms with Crippen LogP contribution in [-0.4, -0.2) is 63.1 Å². The lowest BCUT2D eigenvalue weighted by atomic mass is 9.75. The number of amides is 2. The Morgan fingerprint density at radius 1 is 1.06 bits per heavy atom. The molecule has 8 heteroatoms. The lowest BCUT2D eigenvalue weighted by molar-refractivity contribution is -0.156. The van der Waals surface area contributed by atoms with Crippen LogP contribution in [0.3, 0.4) is 0 Å². The van der Waals surface area contributed by atoms with Crippen LogP contribution in [0, 0.1) is 0 Å². The van der Waals surface area contributed by atoms with Crippen LogP contribution < -0.4 is 0 Å². The van der Waals surface area contributed by atoms with E-state index < -0.39 is 40.8 Å². The monoisotopic (exact) mass is 494 g/mol. The van der Waals surface area contributed by atoms with Gasteiger partial charge in [0, 0.05) is 6.54 Å². The van der Waals surface area contributed by atoms with Crippen molar-refractivity contribution in [3.05, 3.63) is 71.8 Å². The van der Waals surface area contributed by atoms with Gasteiger partial charge in [0.2, 0.25) is 0 Å². The first-order valence-corrected chi connectivity index (χ1v) is 12.3. The Labute approximate surface area is 211 Å². The van der Waals surface area contributed by atoms with Crippen LogP contribution in [0.2, 0.25) is 0 Å². The van der Waals surface area contributed by atoms with Gasteiger partial charge in [-0.25, -0.2) is 9.59 Å². The number of esters is 1. The fourth-order valence-corrected chi connectivity index (χ4v) is 5.23. The zero-order valence-electron chi connectivity index (χ0n) is 21.3. The molecule has 4 rings (SSSR count). The van der Waals surface area contributed by atoms with E-state index in [-0.39, 0.29) is 26.1 Å². The van der Waals surface area contributed by atoms with Crippen molar-refractivity contribution in [3.63, 3.8) is 0 Å². The quantitative estimate of drug-likeness (QED) is 0.638. The molecule has 0 unspecified atom stereocenters. The molecule has 2 aliphatic heterocycles. The van der Waals surface area contributed by atoms with Gasteiger partial charge in [-0.3, -0.25) is 9.69 Å². The van der Waals surface area contributed by atoms with E-state index >= 15 is 0 Å². The van der Waals surface area contributed by atoms with Gasteiger partial charge in [-0.05, 0) is 51.7 Å². The normalized spacial score (nSPS) is 24.8. The topological polar surface area (TPSA) is 96.4 Å². The molecule has 0 aromatic heterocycles. The minimum Gasteiger partial charge on any atom is -0.459 e. The van der Waals surface area contributed by atoms with Gasteiger partial charge in [-0.2, -0.15) is 0 Å². The molecule has 2 aromatic carbocycles. The van der Waals surface area contributed by atoms with Gasteiger partial charge in [-0.15, -0.1) is 0 Å². The summed E-state index contributed by atoms with van der Waals surface area (Å²) in [7, 11) is 0. The summed E-state index contributed by atoms with van der Waals surface area (Å²) >= 11 is 0. The highest BCUT2D eigenvalue weighted by Crippen LogP contribution is 2.51. The van der Waals surface area contributed by atoms with Gasteiger partial charge >= 0.3 is 12.1 Å². The predicted molar refractivity (Wildman–Crippen MR) is 133 cm³/mol. The number of carbonyl (C=O) groups excluding carboxylic acids is 3. The summed E-state index contributed by atoms with van der Waals surface area (Å²) in [5.74, 6) is -1.07. The summed E-state index contributed by atoms with van der Waals surface area (Å²) in [5.41, 5.74) is -2.78. The van der Waals surface area contributed by atoms with Gasteiger partial charge in [-0.1, -0.05) is 60.7 Å². The molecular weight excluding hydrogens is 460 g/mol. The molecule has 0 saturated carbocycles. The lowest BCUT2D eigenvalue weighted by Crippen LogP contribution is -2.63. The number of benzene rings is 2. The van der Waals surface area contributed by atoms with E-state index in [0.29, 0.717) is 12.0 Å². The fourth-order valence-electron chi connectivity index (χ4n) is 5.23. The second-order valence-electron chi connectivity index (χ2n) is 10.5. The highest BCUT2D eigenvalue weighted by Gasteiger charge is 2.70. The number of likely N-dealkylation sites (tertiary alicyclic amines) is 2. The average Bonchev–Trinajstić information content (AvgIpc) is 3.40. The zero-order chi connectivity index (χ0) is 26.1. The van der Waals surface area contributed by atoms with Crippen molar-refractivity contribution in [2.45, 2.75) is 69.9 Å². The molecular formula is C28H34N2O6. The van der Waals surface area contributed by atoms with E-state index in [2.05, 4.69) is 0 Å². The fraction of sp³-hybridized carbons (Fsp3) is 0.464. The van der Waals surface area contributed by atoms with Crippen molar-refractivity contribution in [3.8, 4) is 0 Å². The van der Waals surface area contributed by atoms with Crippen molar-refractivity contribution in [1.29, 1.82) is 0 Å². The first-order chi connectivity index (χ1) is 17.0. The van der Waals surface area contributed by atoms with Crippen LogP contribution in [-0.2, 0) is 31.3 Å². The van der Waals surface area contributed by atoms with Crippen LogP contribution in [0.4, 0.5) is 4.79 Å². The summed E-state index contributed by atoms with van der Waals surface area (Å²) in [6, 6.07) is 17.2. The van der Waals surface area contributed by atoms with Crippen LogP contribution in [0.1, 0.15) is 51.7 Å². The zero-order valence-corrected chi connectivity index (χ0v) is 21.3. The predicted octanol–water partition coefficient (Wildman–Crippen LogP) is 3.62. The molecule has 1 N–H and O–H groups in total. The number of hydrogen-bond donors (Lipinski definition) is 1. The third kappa shape index (κ3) is 4.46. The number of hydrogen-bond acceptors (Lipinski definition) is 6. The van der Waals surface area contributed by atoms with E-state index in [1.807, 2.05) is 36.4 Å². The first-order valence-electron chi connectivity index (χ1n) is 12.3. The molecule has 0 aliphatic carbocycles. The maximum absolute atomic E-state index is 14.1. The minimum absolute atomic E-state index is 0.0736. The highest BCUT2D eigenvalue weighted by atomic mass is 16.6. The number of β-amino-alcohol motifs (C(OH)–C–C–N with tert-alkyl or cyclic N) is 1. The van der Waals surface area contributed by atoms with Gasteiger partial charge in [0.25, 0.3) is 5.91 Å². The number of carbonyl (C=O) groups is 3. The molecule has 36 heavy (non-hydrogen) atoms. The third-order valence-corrected chi connectivity index (χ3v) is 6.98. The number of ether oxygens (including phenoxy) is 2. The third-order valence-electron chi connectivity index (χ3n) is 6.98. The molecule has 2 fully saturated rings. The van der Waals surface area contributed by atoms with E-state index in [0.717, 1.165) is 5.56 Å². The van der Waals surface area contributed by atoms with Crippen molar-refractivity contribution in [1.82, 2.24) is 9.80 Å². The van der Waals surface area contributed by atoms with Crippen molar-refractivity contribution < 1.29 is 29.0 Å². The van der Waals surface area contributed by atoms with Crippen LogP contribution >= 0.6 is 0 Å². The molecule has 2 aliphatic rings. The first kappa shape index (κ1) is 25.7. The molecule has 192 valence electrons. The van der Waals surface area contributed by atoms with Crippen molar-refractivity contribution in [2.75, 3.05) is 13.1 Å². The van der Waals surface area contributed by atoms with Gasteiger partial charge in [0.15, 0.2) is 5.54 Å². The Hall–Kier alpha value is -3.39. The van der Waals surface area contributed by atoms with Crippen molar-refractivity contribution >= 4 is 18.0 Å². The van der Waals surface area contributed by atoms with E-state index in [1.165, 1.54) is 9.80 Å². The largest absolute Gasteiger partial charge is 0.459 e. The van der Waals surface area contributed by atoms with E-state index in [1.54, 1.807) is 52.0 Å². The second-order valence-corrected chi connectivity index (χ2v) is 10.5. The van der Waals surface area contributed by atoms with E-state index in [4.69, 9.17) is 9.47 Å². The minimum atomic E-state index is -1.74. The molecule has 3 atom stereocenters. The Kier molecular flexibility index (Phi) is 6.84. The van der Waals surface area contributed by atoms with Crippen LogP contribution in [0.15, 0.2) is 60.7 Å². The standard InChI is InChI=1S/C28H34N2O6/c1-20(23(31)35-18-21-12-7-5-8-13-21)29-19-28(34,22-14-9-6-10-15-22)27(24(29)32)16-11-17-30(27)25(33)36-26(2,3)4/h5-10,12-15,20,34H,11,16-19H2,1-4H3/t20-,27-,28+/m0/s1. The molecule has 2 amide bonds. The summed E-state index contributed by atoms with van der Waals surface area (Å²) in [5, 5.41) is 12.2. The Morgan fingerprint density at radius 2 is 1.67 bits per heavy atom. The highest BCUT2D eigenvalue weighted by molar-refractivity contribution is 5.97. The average molecular weight is 495 g/mol. The smallest absolute Gasteiger partial charge is 0.411 e. The molecule has 2 heterocycles. The Bertz CT molecular complexity index is 1120. The second kappa shape index (κ2) is 9.58. The number of nitrogens with zero attached hydrogens (tertiary/aromatic N) is 2. The van der Waals surface area contributed by atoms with Gasteiger partial charge in [0.05, 0.1) is 6.54 Å². The van der Waals surface area contributed by atoms with Crippen LogP contribution in [0.5, 0.6) is 0 Å². The SMILES string of the molecule is C[C@@H](C(=O)OCc1ccccc1)N1C[C@@](O)(c2ccccc2)[C@]2(CCCN2C(=O)OC(C)(C)C)C1=O. The number of aliphatic hydroxyl groups is 1. The van der Waals surface area contributed by atoms with E-state index in [9.17, 15) is 19.5 Å². The summed E-state index contributed by atoms with van der Waals surface area (Å²) in [6.07, 6.45) is 0.100. The van der Waals surface area contributed by atoms with Crippen LogP contribution in [0.25, 0.3) is 0 Å². The molecule has 2 saturated heterocycles. The Morgan fingerprint density at radius 3 is 2.28 bits per heavy atom. The maximum Gasteiger partial charge on any atom is 0.411 e. The lowest BCUT2D eigenvalue weighted by Gasteiger charge is -2.43. The Balaban J connectivity index is 1.67. The molecule has 8 nitrogen and oxygen atoms in total. The summed E-state index contributed by atoms with van der Waals surface area (Å²) < 4.78 is 11.1. The number of rotatable bonds is 5. The molecule has 1 spiro atoms. The van der Waals surface area contributed by atoms with Gasteiger partial charge in [0.1, 0.15) is 23.9 Å². The molecule has 0 radical (unpaired) electrons. The molecule has 2 aromatic rings. The molecule has 0 bridgehead atoms. The summed E-state index contributed by atoms with van der Waals surface area (Å²) in [6.45, 7) is 7.03.